The van der Waals surface area contributed by atoms with Crippen molar-refractivity contribution in [2.45, 2.75) is 51.4 Å². The molecule has 2 aromatic rings. The lowest BCUT2D eigenvalue weighted by Gasteiger charge is -2.12. The monoisotopic (exact) mass is 312 g/mol. The van der Waals surface area contributed by atoms with Gasteiger partial charge in [0.05, 0.1) is 6.61 Å². The summed E-state index contributed by atoms with van der Waals surface area (Å²) in [5.41, 5.74) is 1.42. The Morgan fingerprint density at radius 3 is 2.65 bits per heavy atom. The van der Waals surface area contributed by atoms with Crippen LogP contribution < -0.4 is 4.74 Å². The molecule has 3 rings (SSSR count). The molecule has 1 N–H and O–H groups in total. The maximum atomic E-state index is 9.32. The van der Waals surface area contributed by atoms with E-state index in [0.29, 0.717) is 18.4 Å². The van der Waals surface area contributed by atoms with E-state index in [1.54, 1.807) is 0 Å². The molecule has 0 radical (unpaired) electrons. The molecule has 0 aliphatic heterocycles. The minimum absolute atomic E-state index is 0.336. The third-order valence-electron chi connectivity index (χ3n) is 5.12. The number of aliphatic hydroxyl groups excluding tert-OH is 1. The van der Waals surface area contributed by atoms with Gasteiger partial charge >= 0.3 is 0 Å². The fourth-order valence-electron chi connectivity index (χ4n) is 3.67. The second-order valence-corrected chi connectivity index (χ2v) is 6.88. The Hall–Kier alpha value is -1.54. The highest BCUT2D eigenvalue weighted by Gasteiger charge is 2.25. The second kappa shape index (κ2) is 7.83. The van der Waals surface area contributed by atoms with E-state index in [2.05, 4.69) is 43.3 Å². The first-order chi connectivity index (χ1) is 11.3. The number of ether oxygens (including phenoxy) is 1. The molecular formula is C21H28O2. The molecule has 2 aromatic carbocycles. The summed E-state index contributed by atoms with van der Waals surface area (Å²) in [6.45, 7) is 3.35. The van der Waals surface area contributed by atoms with Gasteiger partial charge in [-0.05, 0) is 66.0 Å². The highest BCUT2D eigenvalue weighted by molar-refractivity contribution is 5.84. The van der Waals surface area contributed by atoms with Gasteiger partial charge in [-0.15, -0.1) is 0 Å². The van der Waals surface area contributed by atoms with Crippen LogP contribution in [-0.4, -0.2) is 18.3 Å². The lowest BCUT2D eigenvalue weighted by atomic mass is 9.94. The summed E-state index contributed by atoms with van der Waals surface area (Å²) in [6, 6.07) is 13.2. The van der Waals surface area contributed by atoms with Gasteiger partial charge in [-0.3, -0.25) is 0 Å². The summed E-state index contributed by atoms with van der Waals surface area (Å²) in [5.74, 6) is 2.08. The number of fused-ring (bicyclic) bond motifs is 1. The van der Waals surface area contributed by atoms with Crippen molar-refractivity contribution in [2.75, 3.05) is 13.2 Å². The Kier molecular flexibility index (Phi) is 5.56. The molecule has 0 unspecified atom stereocenters. The topological polar surface area (TPSA) is 29.5 Å². The molecule has 2 nitrogen and oxygen atoms in total. The average molecular weight is 312 g/mol. The van der Waals surface area contributed by atoms with Crippen molar-refractivity contribution >= 4 is 10.8 Å². The van der Waals surface area contributed by atoms with E-state index in [1.165, 1.54) is 35.6 Å². The fourth-order valence-corrected chi connectivity index (χ4v) is 3.67. The Morgan fingerprint density at radius 2 is 1.87 bits per heavy atom. The van der Waals surface area contributed by atoms with Crippen molar-refractivity contribution in [3.8, 4) is 5.75 Å². The van der Waals surface area contributed by atoms with Crippen molar-refractivity contribution in [2.24, 2.45) is 5.92 Å². The van der Waals surface area contributed by atoms with Crippen LogP contribution in [0.2, 0.25) is 0 Å². The lowest BCUT2D eigenvalue weighted by molar-refractivity contribution is 0.229. The van der Waals surface area contributed by atoms with Crippen LogP contribution in [0.5, 0.6) is 5.75 Å². The van der Waals surface area contributed by atoms with Gasteiger partial charge in [0.2, 0.25) is 0 Å². The number of benzene rings is 2. The van der Waals surface area contributed by atoms with Gasteiger partial charge in [0.1, 0.15) is 5.75 Å². The smallest absolute Gasteiger partial charge is 0.119 e. The maximum absolute atomic E-state index is 9.32. The molecule has 1 fully saturated rings. The summed E-state index contributed by atoms with van der Waals surface area (Å²) in [6.07, 6.45) is 7.07. The second-order valence-electron chi connectivity index (χ2n) is 6.88. The number of unbranched alkanes of at least 4 members (excludes halogenated alkanes) is 2. The van der Waals surface area contributed by atoms with Crippen molar-refractivity contribution in [1.29, 1.82) is 0 Å². The minimum Gasteiger partial charge on any atom is -0.494 e. The average Bonchev–Trinajstić information content (AvgIpc) is 3.07. The summed E-state index contributed by atoms with van der Waals surface area (Å²) in [5, 5.41) is 11.9. The van der Waals surface area contributed by atoms with Gasteiger partial charge in [-0.25, -0.2) is 0 Å². The Morgan fingerprint density at radius 1 is 1.04 bits per heavy atom. The molecule has 2 heteroatoms. The zero-order valence-electron chi connectivity index (χ0n) is 14.1. The molecule has 0 saturated heterocycles. The lowest BCUT2D eigenvalue weighted by Crippen LogP contribution is -2.00. The molecule has 1 aliphatic carbocycles. The molecule has 1 aliphatic rings. The van der Waals surface area contributed by atoms with Crippen LogP contribution >= 0.6 is 0 Å². The predicted octanol–water partition coefficient (Wildman–Crippen LogP) is 5.28. The first-order valence-electron chi connectivity index (χ1n) is 9.07. The molecule has 0 spiro atoms. The Labute approximate surface area is 139 Å². The third kappa shape index (κ3) is 4.06. The van der Waals surface area contributed by atoms with Crippen LogP contribution in [0.3, 0.4) is 0 Å². The first-order valence-corrected chi connectivity index (χ1v) is 9.07. The summed E-state index contributed by atoms with van der Waals surface area (Å²) in [4.78, 5) is 0. The zero-order valence-corrected chi connectivity index (χ0v) is 14.1. The van der Waals surface area contributed by atoms with Gasteiger partial charge in [0.25, 0.3) is 0 Å². The quantitative estimate of drug-likeness (QED) is 0.704. The van der Waals surface area contributed by atoms with E-state index >= 15 is 0 Å². The van der Waals surface area contributed by atoms with Gasteiger partial charge < -0.3 is 9.84 Å². The summed E-state index contributed by atoms with van der Waals surface area (Å²) in [7, 11) is 0. The van der Waals surface area contributed by atoms with Crippen LogP contribution in [0.4, 0.5) is 0 Å². The molecular weight excluding hydrogens is 284 g/mol. The van der Waals surface area contributed by atoms with Crippen LogP contribution in [0.15, 0.2) is 36.4 Å². The third-order valence-corrected chi connectivity index (χ3v) is 5.12. The molecule has 0 bridgehead atoms. The standard InChI is InChI=1S/C21H28O2/c1-2-3-4-11-23-21-10-9-19-13-18(7-8-20(19)14-21)17-6-5-16(12-17)15-22/h7-10,13-14,16-17,22H,2-6,11-12,15H2,1H3/t16-,17+/m0/s1. The minimum atomic E-state index is 0.336. The van der Waals surface area contributed by atoms with Crippen molar-refractivity contribution < 1.29 is 9.84 Å². The molecule has 0 amide bonds. The van der Waals surface area contributed by atoms with Gasteiger partial charge in [0.15, 0.2) is 0 Å². The molecule has 1 saturated carbocycles. The normalized spacial score (nSPS) is 21.0. The number of hydrogen-bond donors (Lipinski definition) is 1. The van der Waals surface area contributed by atoms with Crippen LogP contribution in [-0.2, 0) is 0 Å². The largest absolute Gasteiger partial charge is 0.494 e. The predicted molar refractivity (Wildman–Crippen MR) is 96.1 cm³/mol. The van der Waals surface area contributed by atoms with Crippen LogP contribution in [0, 0.1) is 5.92 Å². The Bertz CT molecular complexity index is 635. The molecule has 124 valence electrons. The maximum Gasteiger partial charge on any atom is 0.119 e. The highest BCUT2D eigenvalue weighted by atomic mass is 16.5. The number of aliphatic hydroxyl groups is 1. The van der Waals surface area contributed by atoms with E-state index in [-0.39, 0.29) is 0 Å². The molecule has 2 atom stereocenters. The molecule has 0 heterocycles. The van der Waals surface area contributed by atoms with E-state index in [9.17, 15) is 5.11 Å². The van der Waals surface area contributed by atoms with E-state index in [0.717, 1.165) is 31.6 Å². The van der Waals surface area contributed by atoms with Crippen LogP contribution in [0.25, 0.3) is 10.8 Å². The van der Waals surface area contributed by atoms with Crippen molar-refractivity contribution in [3.05, 3.63) is 42.0 Å². The summed E-state index contributed by atoms with van der Waals surface area (Å²) < 4.78 is 5.85. The highest BCUT2D eigenvalue weighted by Crippen LogP contribution is 2.39. The molecule has 0 aromatic heterocycles. The summed E-state index contributed by atoms with van der Waals surface area (Å²) >= 11 is 0. The zero-order chi connectivity index (χ0) is 16.1. The van der Waals surface area contributed by atoms with Gasteiger partial charge in [-0.2, -0.15) is 0 Å². The van der Waals surface area contributed by atoms with Crippen molar-refractivity contribution in [1.82, 2.24) is 0 Å². The van der Waals surface area contributed by atoms with E-state index in [1.807, 2.05) is 0 Å². The number of hydrogen-bond acceptors (Lipinski definition) is 2. The number of rotatable bonds is 7. The first kappa shape index (κ1) is 16.3. The van der Waals surface area contributed by atoms with Crippen LogP contribution in [0.1, 0.15) is 56.9 Å². The SMILES string of the molecule is CCCCCOc1ccc2cc([C@@H]3CC[C@H](CO)C3)ccc2c1. The van der Waals surface area contributed by atoms with E-state index < -0.39 is 0 Å². The van der Waals surface area contributed by atoms with E-state index in [4.69, 9.17) is 4.74 Å². The van der Waals surface area contributed by atoms with Gasteiger partial charge in [-0.1, -0.05) is 44.0 Å². The fraction of sp³-hybridized carbons (Fsp3) is 0.524. The van der Waals surface area contributed by atoms with Crippen molar-refractivity contribution in [3.63, 3.8) is 0 Å². The Balaban J connectivity index is 1.69. The molecule has 23 heavy (non-hydrogen) atoms. The van der Waals surface area contributed by atoms with Gasteiger partial charge in [0, 0.05) is 6.61 Å².